The summed E-state index contributed by atoms with van der Waals surface area (Å²) in [6.45, 7) is 1.36. The van der Waals surface area contributed by atoms with Crippen LogP contribution < -0.4 is 4.72 Å². The molecule has 24 heavy (non-hydrogen) atoms. The lowest BCUT2D eigenvalue weighted by Crippen LogP contribution is -2.35. The molecule has 0 aliphatic carbocycles. The lowest BCUT2D eigenvalue weighted by Gasteiger charge is -2.17. The van der Waals surface area contributed by atoms with Crippen molar-refractivity contribution >= 4 is 28.0 Å². The second-order valence-electron chi connectivity index (χ2n) is 5.27. The number of amides is 1. The van der Waals surface area contributed by atoms with Gasteiger partial charge in [0, 0.05) is 26.0 Å². The predicted octanol–water partition coefficient (Wildman–Crippen LogP) is 0.987. The fourth-order valence-corrected chi connectivity index (χ4v) is 2.56. The van der Waals surface area contributed by atoms with Crippen LogP contribution in [0.4, 0.5) is 0 Å². The van der Waals surface area contributed by atoms with Crippen LogP contribution in [0.25, 0.3) is 6.08 Å². The standard InChI is InChI=1S/C16H22N2O5S/c1-13(16(20)18(2)3)23-15(19)9-11-17-24(21,22)12-10-14-7-5-4-6-8-14/h4-8,10,12-13,17H,9,11H2,1-3H3/b12-10+/t13-/m1/s1. The number of sulfonamides is 1. The monoisotopic (exact) mass is 354 g/mol. The molecule has 0 saturated heterocycles. The molecule has 0 heterocycles. The molecule has 7 nitrogen and oxygen atoms in total. The Hall–Kier alpha value is -2.19. The highest BCUT2D eigenvalue weighted by molar-refractivity contribution is 7.92. The third-order valence-electron chi connectivity index (χ3n) is 2.97. The van der Waals surface area contributed by atoms with E-state index in [1.54, 1.807) is 38.4 Å². The fourth-order valence-electron chi connectivity index (χ4n) is 1.75. The number of nitrogens with zero attached hydrogens (tertiary/aromatic N) is 1. The Balaban J connectivity index is 2.41. The molecule has 1 amide bonds. The van der Waals surface area contributed by atoms with Crippen LogP contribution in [0.2, 0.25) is 0 Å². The van der Waals surface area contributed by atoms with Gasteiger partial charge in [-0.25, -0.2) is 13.1 Å². The van der Waals surface area contributed by atoms with Crippen molar-refractivity contribution < 1.29 is 22.7 Å². The van der Waals surface area contributed by atoms with Gasteiger partial charge in [-0.15, -0.1) is 0 Å². The molecule has 0 saturated carbocycles. The summed E-state index contributed by atoms with van der Waals surface area (Å²) in [6.07, 6.45) is 0.393. The van der Waals surface area contributed by atoms with E-state index in [2.05, 4.69) is 4.72 Å². The molecule has 0 aliphatic heterocycles. The summed E-state index contributed by atoms with van der Waals surface area (Å²) in [7, 11) is -0.536. The molecule has 1 atom stereocenters. The molecule has 0 spiro atoms. The number of likely N-dealkylation sites (N-methyl/N-ethyl adjacent to an activating group) is 1. The van der Waals surface area contributed by atoms with Gasteiger partial charge in [0.1, 0.15) is 0 Å². The minimum absolute atomic E-state index is 0.108. The first-order chi connectivity index (χ1) is 11.2. The van der Waals surface area contributed by atoms with Crippen LogP contribution in [-0.4, -0.2) is 51.9 Å². The molecule has 1 rings (SSSR count). The summed E-state index contributed by atoms with van der Waals surface area (Å²) in [5, 5.41) is 1.03. The fraction of sp³-hybridized carbons (Fsp3) is 0.375. The van der Waals surface area contributed by atoms with Crippen molar-refractivity contribution in [2.45, 2.75) is 19.4 Å². The van der Waals surface area contributed by atoms with E-state index in [4.69, 9.17) is 4.74 Å². The third-order valence-corrected chi connectivity index (χ3v) is 4.07. The van der Waals surface area contributed by atoms with E-state index < -0.39 is 22.1 Å². The first-order valence-corrected chi connectivity index (χ1v) is 8.89. The van der Waals surface area contributed by atoms with Crippen LogP contribution in [-0.2, 0) is 24.3 Å². The number of nitrogens with one attached hydrogen (secondary N) is 1. The van der Waals surface area contributed by atoms with Gasteiger partial charge in [-0.3, -0.25) is 9.59 Å². The molecule has 0 aliphatic rings. The largest absolute Gasteiger partial charge is 0.452 e. The van der Waals surface area contributed by atoms with Crippen LogP contribution in [0.5, 0.6) is 0 Å². The number of ether oxygens (including phenoxy) is 1. The summed E-state index contributed by atoms with van der Waals surface area (Å²) in [5.74, 6) is -0.984. The Morgan fingerprint density at radius 3 is 2.46 bits per heavy atom. The minimum Gasteiger partial charge on any atom is -0.452 e. The Kier molecular flexibility index (Phi) is 7.60. The second kappa shape index (κ2) is 9.19. The summed E-state index contributed by atoms with van der Waals surface area (Å²) in [6, 6.07) is 8.97. The van der Waals surface area contributed by atoms with Gasteiger partial charge in [-0.05, 0) is 18.6 Å². The topological polar surface area (TPSA) is 92.8 Å². The number of carbonyl (C=O) groups is 2. The molecule has 0 bridgehead atoms. The minimum atomic E-state index is -3.65. The molecule has 1 N–H and O–H groups in total. The molecule has 0 unspecified atom stereocenters. The van der Waals surface area contributed by atoms with Gasteiger partial charge in [0.2, 0.25) is 10.0 Å². The van der Waals surface area contributed by atoms with Gasteiger partial charge >= 0.3 is 5.97 Å². The number of hydrogen-bond donors (Lipinski definition) is 1. The summed E-state index contributed by atoms with van der Waals surface area (Å²) >= 11 is 0. The van der Waals surface area contributed by atoms with Gasteiger partial charge < -0.3 is 9.64 Å². The van der Waals surface area contributed by atoms with Gasteiger partial charge in [-0.2, -0.15) is 0 Å². The highest BCUT2D eigenvalue weighted by atomic mass is 32.2. The molecule has 1 aromatic rings. The first-order valence-electron chi connectivity index (χ1n) is 7.35. The van der Waals surface area contributed by atoms with Gasteiger partial charge in [0.25, 0.3) is 5.91 Å². The maximum absolute atomic E-state index is 11.8. The molecule has 132 valence electrons. The quantitative estimate of drug-likeness (QED) is 0.703. The van der Waals surface area contributed by atoms with Gasteiger partial charge in [0.05, 0.1) is 6.42 Å². The van der Waals surface area contributed by atoms with E-state index in [0.29, 0.717) is 0 Å². The van der Waals surface area contributed by atoms with Crippen LogP contribution in [0, 0.1) is 0 Å². The van der Waals surface area contributed by atoms with Crippen molar-refractivity contribution in [3.8, 4) is 0 Å². The zero-order valence-corrected chi connectivity index (χ0v) is 14.7. The van der Waals surface area contributed by atoms with Gasteiger partial charge in [-0.1, -0.05) is 30.3 Å². The van der Waals surface area contributed by atoms with Crippen LogP contribution in [0.15, 0.2) is 35.7 Å². The first kappa shape index (κ1) is 19.9. The van der Waals surface area contributed by atoms with E-state index >= 15 is 0 Å². The molecule has 8 heteroatoms. The lowest BCUT2D eigenvalue weighted by molar-refractivity contribution is -0.157. The third kappa shape index (κ3) is 7.38. The van der Waals surface area contributed by atoms with Crippen molar-refractivity contribution in [2.24, 2.45) is 0 Å². The van der Waals surface area contributed by atoms with E-state index in [9.17, 15) is 18.0 Å². The van der Waals surface area contributed by atoms with Gasteiger partial charge in [0.15, 0.2) is 6.10 Å². The predicted molar refractivity (Wildman–Crippen MR) is 91.3 cm³/mol. The Bertz CT molecular complexity index is 684. The van der Waals surface area contributed by atoms with Crippen molar-refractivity contribution in [3.05, 3.63) is 41.3 Å². The van der Waals surface area contributed by atoms with E-state index in [1.807, 2.05) is 6.07 Å². The molecule has 0 radical (unpaired) electrons. The van der Waals surface area contributed by atoms with Crippen LogP contribution in [0.1, 0.15) is 18.9 Å². The van der Waals surface area contributed by atoms with Crippen LogP contribution in [0.3, 0.4) is 0 Å². The van der Waals surface area contributed by atoms with E-state index in [1.165, 1.54) is 17.9 Å². The Morgan fingerprint density at radius 1 is 1.25 bits per heavy atom. The van der Waals surface area contributed by atoms with E-state index in [0.717, 1.165) is 11.0 Å². The highest BCUT2D eigenvalue weighted by Crippen LogP contribution is 2.03. The smallest absolute Gasteiger partial charge is 0.307 e. The average molecular weight is 354 g/mol. The zero-order valence-electron chi connectivity index (χ0n) is 13.9. The van der Waals surface area contributed by atoms with E-state index in [-0.39, 0.29) is 18.9 Å². The highest BCUT2D eigenvalue weighted by Gasteiger charge is 2.19. The zero-order chi connectivity index (χ0) is 18.2. The number of benzene rings is 1. The molecule has 0 aromatic heterocycles. The Morgan fingerprint density at radius 2 is 1.88 bits per heavy atom. The molecule has 0 fully saturated rings. The summed E-state index contributed by atoms with van der Waals surface area (Å²) < 4.78 is 30.8. The number of esters is 1. The SMILES string of the molecule is C[C@@H](OC(=O)CCNS(=O)(=O)/C=C/c1ccccc1)C(=O)N(C)C. The molecule has 1 aromatic carbocycles. The second-order valence-corrected chi connectivity index (χ2v) is 6.92. The molecular formula is C16H22N2O5S. The maximum atomic E-state index is 11.8. The lowest BCUT2D eigenvalue weighted by atomic mass is 10.2. The summed E-state index contributed by atoms with van der Waals surface area (Å²) in [5.41, 5.74) is 0.748. The average Bonchev–Trinajstić information content (AvgIpc) is 2.53. The Labute approximate surface area is 142 Å². The number of carbonyl (C=O) groups excluding carboxylic acids is 2. The van der Waals surface area contributed by atoms with Crippen molar-refractivity contribution in [1.29, 1.82) is 0 Å². The molecular weight excluding hydrogens is 332 g/mol. The summed E-state index contributed by atoms with van der Waals surface area (Å²) in [4.78, 5) is 24.5. The number of rotatable bonds is 8. The maximum Gasteiger partial charge on any atom is 0.307 e. The van der Waals surface area contributed by atoms with Crippen LogP contribution >= 0.6 is 0 Å². The van der Waals surface area contributed by atoms with Crippen molar-refractivity contribution in [1.82, 2.24) is 9.62 Å². The normalized spacial score (nSPS) is 12.8. The number of hydrogen-bond acceptors (Lipinski definition) is 5. The van der Waals surface area contributed by atoms with Crippen molar-refractivity contribution in [3.63, 3.8) is 0 Å². The van der Waals surface area contributed by atoms with Crippen molar-refractivity contribution in [2.75, 3.05) is 20.6 Å².